The fraction of sp³-hybridized carbons (Fsp3) is 0.588. The maximum Gasteiger partial charge on any atom is 0.416 e. The number of nitrogens with one attached hydrogen (secondary N) is 1. The minimum atomic E-state index is -4.50. The number of carbonyl (C=O) groups is 1. The lowest BCUT2D eigenvalue weighted by molar-refractivity contribution is -0.137. The average molecular weight is 397 g/mol. The zero-order valence-electron chi connectivity index (χ0n) is 14.5. The molecule has 0 spiro atoms. The number of rotatable bonds is 7. The van der Waals surface area contributed by atoms with E-state index >= 15 is 0 Å². The highest BCUT2D eigenvalue weighted by Crippen LogP contribution is 2.35. The normalized spacial score (nSPS) is 19.7. The lowest BCUT2D eigenvalue weighted by Gasteiger charge is -2.18. The number of methoxy groups -OCH3 is 1. The summed E-state index contributed by atoms with van der Waals surface area (Å²) in [7, 11) is 1.49. The fourth-order valence-corrected chi connectivity index (χ4v) is 2.92. The second kappa shape index (κ2) is 9.99. The van der Waals surface area contributed by atoms with Gasteiger partial charge in [-0.05, 0) is 37.0 Å². The Morgan fingerprint density at radius 1 is 1.31 bits per heavy atom. The first-order valence-corrected chi connectivity index (χ1v) is 8.19. The van der Waals surface area contributed by atoms with Gasteiger partial charge < -0.3 is 20.5 Å². The Labute approximate surface area is 156 Å². The van der Waals surface area contributed by atoms with E-state index in [1.54, 1.807) is 0 Å². The van der Waals surface area contributed by atoms with E-state index in [0.717, 1.165) is 31.4 Å². The van der Waals surface area contributed by atoms with E-state index in [1.807, 2.05) is 0 Å². The Kier molecular flexibility index (Phi) is 8.66. The third kappa shape index (κ3) is 6.34. The van der Waals surface area contributed by atoms with Crippen LogP contribution >= 0.6 is 12.4 Å². The molecule has 0 bridgehead atoms. The van der Waals surface area contributed by atoms with Crippen LogP contribution in [-0.4, -0.2) is 32.3 Å². The Bertz CT molecular complexity index is 599. The molecule has 2 rings (SSSR count). The standard InChI is InChI=1S/C17H23F3N2O3.ClH/c1-24-7-8-25-15-6-5-12(17(18,19)20)10-14(15)22-16(23)9-11-3-2-4-13(11)21;/h5-6,10-11,13H,2-4,7-9,21H2,1H3,(H,22,23);1H/t11-,13+;/m0./s1. The molecular formula is C17H24ClF3N2O3. The summed E-state index contributed by atoms with van der Waals surface area (Å²) < 4.78 is 49.1. The average Bonchev–Trinajstić information content (AvgIpc) is 2.93. The molecule has 1 amide bonds. The molecule has 1 fully saturated rings. The summed E-state index contributed by atoms with van der Waals surface area (Å²) in [4.78, 5) is 12.2. The largest absolute Gasteiger partial charge is 0.489 e. The van der Waals surface area contributed by atoms with Crippen LogP contribution in [-0.2, 0) is 15.7 Å². The molecule has 26 heavy (non-hydrogen) atoms. The van der Waals surface area contributed by atoms with Crippen LogP contribution in [0.1, 0.15) is 31.2 Å². The fourth-order valence-electron chi connectivity index (χ4n) is 2.92. The van der Waals surface area contributed by atoms with E-state index < -0.39 is 11.7 Å². The predicted octanol–water partition coefficient (Wildman–Crippen LogP) is 3.61. The van der Waals surface area contributed by atoms with Crippen molar-refractivity contribution in [1.82, 2.24) is 0 Å². The van der Waals surface area contributed by atoms with Crippen LogP contribution in [0.2, 0.25) is 0 Å². The molecule has 0 heterocycles. The minimum Gasteiger partial charge on any atom is -0.489 e. The topological polar surface area (TPSA) is 73.6 Å². The molecule has 1 aromatic rings. The molecule has 1 aromatic carbocycles. The van der Waals surface area contributed by atoms with Gasteiger partial charge in [-0.1, -0.05) is 6.42 Å². The van der Waals surface area contributed by atoms with E-state index in [-0.39, 0.29) is 61.3 Å². The van der Waals surface area contributed by atoms with E-state index in [1.165, 1.54) is 13.2 Å². The number of alkyl halides is 3. The lowest BCUT2D eigenvalue weighted by atomic mass is 10.00. The van der Waals surface area contributed by atoms with Gasteiger partial charge in [-0.3, -0.25) is 4.79 Å². The van der Waals surface area contributed by atoms with Crippen molar-refractivity contribution in [3.8, 4) is 5.75 Å². The Morgan fingerprint density at radius 2 is 2.04 bits per heavy atom. The first-order valence-electron chi connectivity index (χ1n) is 8.19. The van der Waals surface area contributed by atoms with Crippen LogP contribution in [0.25, 0.3) is 0 Å². The monoisotopic (exact) mass is 396 g/mol. The Hall–Kier alpha value is -1.51. The minimum absolute atomic E-state index is 0. The molecular weight excluding hydrogens is 373 g/mol. The lowest BCUT2D eigenvalue weighted by Crippen LogP contribution is -2.28. The molecule has 0 aliphatic heterocycles. The summed E-state index contributed by atoms with van der Waals surface area (Å²) in [6.45, 7) is 0.448. The number of benzene rings is 1. The van der Waals surface area contributed by atoms with Gasteiger partial charge >= 0.3 is 6.18 Å². The van der Waals surface area contributed by atoms with Crippen LogP contribution in [0, 0.1) is 5.92 Å². The summed E-state index contributed by atoms with van der Waals surface area (Å²) in [5, 5.41) is 2.54. The molecule has 0 radical (unpaired) electrons. The maximum atomic E-state index is 12.9. The number of nitrogens with two attached hydrogens (primary N) is 1. The van der Waals surface area contributed by atoms with E-state index in [9.17, 15) is 18.0 Å². The number of hydrogen-bond donors (Lipinski definition) is 2. The Morgan fingerprint density at radius 3 is 2.62 bits per heavy atom. The Balaban J connectivity index is 0.00000338. The summed E-state index contributed by atoms with van der Waals surface area (Å²) >= 11 is 0. The van der Waals surface area contributed by atoms with E-state index in [0.29, 0.717) is 0 Å². The number of anilines is 1. The van der Waals surface area contributed by atoms with Gasteiger partial charge in [0.25, 0.3) is 0 Å². The third-order valence-corrected chi connectivity index (χ3v) is 4.29. The molecule has 0 unspecified atom stereocenters. The zero-order valence-corrected chi connectivity index (χ0v) is 15.3. The summed E-state index contributed by atoms with van der Waals surface area (Å²) in [6, 6.07) is 2.97. The number of halogens is 4. The number of amides is 1. The van der Waals surface area contributed by atoms with Gasteiger partial charge in [0.2, 0.25) is 5.91 Å². The zero-order chi connectivity index (χ0) is 18.4. The summed E-state index contributed by atoms with van der Waals surface area (Å²) in [5.74, 6) is -0.129. The smallest absolute Gasteiger partial charge is 0.416 e. The van der Waals surface area contributed by atoms with Crippen LogP contribution < -0.4 is 15.8 Å². The molecule has 3 N–H and O–H groups in total. The van der Waals surface area contributed by atoms with Gasteiger partial charge in [-0.2, -0.15) is 13.2 Å². The van der Waals surface area contributed by atoms with Crippen molar-refractivity contribution in [2.45, 2.75) is 37.9 Å². The van der Waals surface area contributed by atoms with Crippen molar-refractivity contribution in [3.63, 3.8) is 0 Å². The van der Waals surface area contributed by atoms with Crippen LogP contribution in [0.5, 0.6) is 5.75 Å². The molecule has 1 aliphatic rings. The van der Waals surface area contributed by atoms with Gasteiger partial charge in [0.1, 0.15) is 12.4 Å². The summed E-state index contributed by atoms with van der Waals surface area (Å²) in [6.07, 6.45) is -1.62. The molecule has 9 heteroatoms. The second-order valence-corrected chi connectivity index (χ2v) is 6.16. The van der Waals surface area contributed by atoms with Crippen molar-refractivity contribution in [3.05, 3.63) is 23.8 Å². The number of ether oxygens (including phenoxy) is 2. The SMILES string of the molecule is COCCOc1ccc(C(F)(F)F)cc1NC(=O)C[C@@H]1CCC[C@H]1N.Cl. The van der Waals surface area contributed by atoms with Gasteiger partial charge in [0.15, 0.2) is 0 Å². The number of hydrogen-bond acceptors (Lipinski definition) is 4. The maximum absolute atomic E-state index is 12.9. The quantitative estimate of drug-likeness (QED) is 0.690. The van der Waals surface area contributed by atoms with Crippen LogP contribution in [0.15, 0.2) is 18.2 Å². The van der Waals surface area contributed by atoms with Crippen molar-refractivity contribution < 1.29 is 27.4 Å². The van der Waals surface area contributed by atoms with E-state index in [2.05, 4.69) is 5.32 Å². The highest BCUT2D eigenvalue weighted by Gasteiger charge is 2.32. The highest BCUT2D eigenvalue weighted by atomic mass is 35.5. The van der Waals surface area contributed by atoms with Crippen molar-refractivity contribution >= 4 is 24.0 Å². The van der Waals surface area contributed by atoms with Gasteiger partial charge in [-0.25, -0.2) is 0 Å². The molecule has 1 saturated carbocycles. The van der Waals surface area contributed by atoms with Crippen molar-refractivity contribution in [2.24, 2.45) is 11.7 Å². The number of carbonyl (C=O) groups excluding carboxylic acids is 1. The molecule has 1 aliphatic carbocycles. The molecule has 0 saturated heterocycles. The first-order chi connectivity index (χ1) is 11.8. The van der Waals surface area contributed by atoms with Gasteiger partial charge in [0.05, 0.1) is 17.9 Å². The van der Waals surface area contributed by atoms with Crippen molar-refractivity contribution in [1.29, 1.82) is 0 Å². The molecule has 2 atom stereocenters. The predicted molar refractivity (Wildman–Crippen MR) is 94.6 cm³/mol. The van der Waals surface area contributed by atoms with Crippen molar-refractivity contribution in [2.75, 3.05) is 25.6 Å². The second-order valence-electron chi connectivity index (χ2n) is 6.16. The molecule has 5 nitrogen and oxygen atoms in total. The van der Waals surface area contributed by atoms with Gasteiger partial charge in [0, 0.05) is 19.6 Å². The highest BCUT2D eigenvalue weighted by molar-refractivity contribution is 5.92. The molecule has 148 valence electrons. The van der Waals surface area contributed by atoms with Crippen LogP contribution in [0.4, 0.5) is 18.9 Å². The first kappa shape index (κ1) is 22.5. The van der Waals surface area contributed by atoms with E-state index in [4.69, 9.17) is 15.2 Å². The summed E-state index contributed by atoms with van der Waals surface area (Å²) in [5.41, 5.74) is 5.10. The van der Waals surface area contributed by atoms with Crippen LogP contribution in [0.3, 0.4) is 0 Å². The molecule has 0 aromatic heterocycles. The third-order valence-electron chi connectivity index (χ3n) is 4.29. The van der Waals surface area contributed by atoms with Gasteiger partial charge in [-0.15, -0.1) is 12.4 Å².